The zero-order chi connectivity index (χ0) is 52.1. The molecule has 0 saturated heterocycles. The summed E-state index contributed by atoms with van der Waals surface area (Å²) in [6.45, 7) is 17.9. The number of carbonyl (C=O) groups excluding carboxylic acids is 9. The number of ether oxygens (including phenoxy) is 1. The van der Waals surface area contributed by atoms with E-state index in [2.05, 4.69) is 47.6 Å². The van der Waals surface area contributed by atoms with Crippen molar-refractivity contribution < 1.29 is 47.9 Å². The van der Waals surface area contributed by atoms with Gasteiger partial charge in [-0.3, -0.25) is 43.2 Å². The molecule has 9 amide bonds. The van der Waals surface area contributed by atoms with Crippen LogP contribution in [0.3, 0.4) is 0 Å². The van der Waals surface area contributed by atoms with Gasteiger partial charge in [0.05, 0.1) is 19.3 Å². The topological polar surface area (TPSA) is 353 Å². The van der Waals surface area contributed by atoms with E-state index in [1.165, 1.54) is 27.9 Å². The highest BCUT2D eigenvalue weighted by Crippen LogP contribution is 2.18. The largest absolute Gasteiger partial charge is 0.497 e. The van der Waals surface area contributed by atoms with Crippen LogP contribution >= 0.6 is 0 Å². The van der Waals surface area contributed by atoms with Crippen molar-refractivity contribution in [3.05, 3.63) is 24.3 Å². The van der Waals surface area contributed by atoms with E-state index in [0.717, 1.165) is 5.12 Å². The Morgan fingerprint density at radius 1 is 0.676 bits per heavy atom. The molecule has 14 N–H and O–H groups in total. The van der Waals surface area contributed by atoms with Crippen molar-refractivity contribution in [2.24, 2.45) is 46.1 Å². The number of methoxy groups -OCH3 is 1. The molecule has 0 aliphatic heterocycles. The van der Waals surface area contributed by atoms with Crippen LogP contribution in [-0.4, -0.2) is 115 Å². The molecule has 0 saturated carbocycles. The summed E-state index contributed by atoms with van der Waals surface area (Å²) >= 11 is 0. The number of primary amides is 1. The summed E-state index contributed by atoms with van der Waals surface area (Å²) in [5.74, 6) is -0.827. The van der Waals surface area contributed by atoms with Crippen molar-refractivity contribution in [2.75, 3.05) is 25.3 Å². The predicted molar refractivity (Wildman–Crippen MR) is 256 cm³/mol. The molecule has 0 fully saturated rings. The SMILES string of the molecule is COc1ccc(N(N)/N=C(\N)C(=O)NCCCC[C@H](NC(=O)C(NC(=O)C(C)(C)NC(=O)[C@H](CC(C)C)NC(=O)CNC(=O)C(NC(C)=O)C(C)C)C(C)C)C(=O)N[C@@H](CC(C)C)C(N)=O)cc1. The van der Waals surface area contributed by atoms with Gasteiger partial charge in [-0.05, 0) is 93.9 Å². The zero-order valence-electron chi connectivity index (χ0n) is 41.7. The van der Waals surface area contributed by atoms with Crippen molar-refractivity contribution in [2.45, 2.75) is 144 Å². The second kappa shape index (κ2) is 28.6. The molecule has 382 valence electrons. The van der Waals surface area contributed by atoms with E-state index in [1.807, 2.05) is 27.7 Å². The summed E-state index contributed by atoms with van der Waals surface area (Å²) in [4.78, 5) is 117. The molecule has 0 bridgehead atoms. The number of carbonyl (C=O) groups is 9. The third-order valence-corrected chi connectivity index (χ3v) is 10.3. The van der Waals surface area contributed by atoms with Crippen LogP contribution in [0.1, 0.15) is 108 Å². The molecule has 23 heteroatoms. The number of hydrogen-bond acceptors (Lipinski definition) is 13. The van der Waals surface area contributed by atoms with Gasteiger partial charge in [0.15, 0.2) is 0 Å². The Morgan fingerprint density at radius 2 is 1.22 bits per heavy atom. The summed E-state index contributed by atoms with van der Waals surface area (Å²) in [6.07, 6.45) is 1.04. The average molecular weight is 960 g/mol. The number of nitrogens with two attached hydrogens (primary N) is 3. The van der Waals surface area contributed by atoms with Crippen LogP contribution in [0.25, 0.3) is 0 Å². The number of rotatable bonds is 28. The number of amidine groups is 1. The Hall–Kier alpha value is -6.52. The molecule has 0 spiro atoms. The van der Waals surface area contributed by atoms with Crippen LogP contribution in [0.15, 0.2) is 29.4 Å². The molecule has 0 aliphatic carbocycles. The average Bonchev–Trinajstić information content (AvgIpc) is 3.24. The van der Waals surface area contributed by atoms with E-state index in [1.54, 1.807) is 52.0 Å². The maximum atomic E-state index is 14.0. The van der Waals surface area contributed by atoms with Crippen LogP contribution in [0.4, 0.5) is 5.69 Å². The molecule has 5 atom stereocenters. The second-order valence-corrected chi connectivity index (χ2v) is 18.6. The molecule has 1 rings (SSSR count). The first-order chi connectivity index (χ1) is 31.6. The highest BCUT2D eigenvalue weighted by Gasteiger charge is 2.37. The van der Waals surface area contributed by atoms with Crippen molar-refractivity contribution in [3.8, 4) is 5.75 Å². The molecule has 0 aliphatic rings. The Balaban J connectivity index is 3.13. The Labute approximate surface area is 399 Å². The lowest BCUT2D eigenvalue weighted by molar-refractivity contribution is -0.138. The number of nitrogens with one attached hydrogen (secondary N) is 8. The first-order valence-corrected chi connectivity index (χ1v) is 22.8. The smallest absolute Gasteiger partial charge is 0.288 e. The zero-order valence-corrected chi connectivity index (χ0v) is 41.7. The summed E-state index contributed by atoms with van der Waals surface area (Å²) in [5.41, 5.74) is 10.3. The highest BCUT2D eigenvalue weighted by molar-refractivity contribution is 6.37. The summed E-state index contributed by atoms with van der Waals surface area (Å²) in [6, 6.07) is 1.08. The lowest BCUT2D eigenvalue weighted by Gasteiger charge is -2.32. The quantitative estimate of drug-likeness (QED) is 0.0163. The van der Waals surface area contributed by atoms with Gasteiger partial charge in [-0.15, -0.1) is 5.10 Å². The van der Waals surface area contributed by atoms with Crippen LogP contribution in [0, 0.1) is 23.7 Å². The fourth-order valence-corrected chi connectivity index (χ4v) is 6.53. The lowest BCUT2D eigenvalue weighted by Crippen LogP contribution is -2.63. The van der Waals surface area contributed by atoms with E-state index in [4.69, 9.17) is 22.0 Å². The predicted octanol–water partition coefficient (Wildman–Crippen LogP) is -0.722. The fraction of sp³-hybridized carbons (Fsp3) is 0.644. The minimum Gasteiger partial charge on any atom is -0.497 e. The van der Waals surface area contributed by atoms with Gasteiger partial charge >= 0.3 is 0 Å². The standard InChI is InChI=1S/C45H77N13O10/c1-24(2)21-32(38(47)61)54-39(62)31(15-13-14-20-49-43(66)37(46)57-58(48)29-16-18-30(68-12)19-17-29)53-42(65)36(27(7)8)55-44(67)45(10,11)56-40(63)33(22-25(3)4)52-34(60)23-50-41(64)35(26(5)6)51-28(9)59/h16-19,24-27,31-33,35-36H,13-15,20-23,48H2,1-12H3,(H2,46,57)(H2,47,61)(H,49,66)(H,50,64)(H,51,59)(H,52,60)(H,53,65)(H,54,62)(H,55,67)(H,56,63)/t31-,32-,33-,35?,36?/m0/s1. The molecule has 1 aromatic rings. The van der Waals surface area contributed by atoms with Gasteiger partial charge < -0.3 is 58.7 Å². The van der Waals surface area contributed by atoms with E-state index in [-0.39, 0.29) is 50.0 Å². The van der Waals surface area contributed by atoms with Crippen molar-refractivity contribution in [1.29, 1.82) is 0 Å². The van der Waals surface area contributed by atoms with Crippen molar-refractivity contribution in [3.63, 3.8) is 0 Å². The van der Waals surface area contributed by atoms with Crippen LogP contribution in [-0.2, 0) is 43.2 Å². The number of hydrazone groups is 1. The highest BCUT2D eigenvalue weighted by atomic mass is 16.5. The van der Waals surface area contributed by atoms with Crippen molar-refractivity contribution >= 4 is 64.7 Å². The number of anilines is 1. The van der Waals surface area contributed by atoms with Crippen LogP contribution in [0.5, 0.6) is 5.75 Å². The summed E-state index contributed by atoms with van der Waals surface area (Å²) < 4.78 is 5.12. The molecule has 1 aromatic carbocycles. The third kappa shape index (κ3) is 21.4. The fourth-order valence-electron chi connectivity index (χ4n) is 6.53. The van der Waals surface area contributed by atoms with Gasteiger partial charge in [-0.2, -0.15) is 5.12 Å². The van der Waals surface area contributed by atoms with Gasteiger partial charge in [0.1, 0.15) is 41.5 Å². The number of hydrogen-bond donors (Lipinski definition) is 11. The van der Waals surface area contributed by atoms with E-state index in [9.17, 15) is 43.2 Å². The molecular formula is C45H77N13O10. The van der Waals surface area contributed by atoms with Gasteiger partial charge in [-0.25, -0.2) is 5.84 Å². The maximum absolute atomic E-state index is 14.0. The van der Waals surface area contributed by atoms with E-state index >= 15 is 0 Å². The van der Waals surface area contributed by atoms with Crippen molar-refractivity contribution in [1.82, 2.24) is 42.5 Å². The van der Waals surface area contributed by atoms with E-state index in [0.29, 0.717) is 17.9 Å². The minimum absolute atomic E-state index is 0.0169. The number of nitrogens with zero attached hydrogens (tertiary/aromatic N) is 2. The number of hydrazine groups is 1. The van der Waals surface area contributed by atoms with Crippen LogP contribution < -0.4 is 69.7 Å². The summed E-state index contributed by atoms with van der Waals surface area (Å²) in [7, 11) is 1.51. The van der Waals surface area contributed by atoms with Gasteiger partial charge in [0, 0.05) is 13.5 Å². The van der Waals surface area contributed by atoms with Gasteiger partial charge in [0.25, 0.3) is 5.91 Å². The molecule has 0 radical (unpaired) electrons. The minimum atomic E-state index is -1.64. The molecule has 2 unspecified atom stereocenters. The molecule has 68 heavy (non-hydrogen) atoms. The van der Waals surface area contributed by atoms with Gasteiger partial charge in [0.2, 0.25) is 53.1 Å². The molecule has 0 heterocycles. The first kappa shape index (κ1) is 59.5. The lowest BCUT2D eigenvalue weighted by atomic mass is 9.97. The number of unbranched alkanes of at least 4 members (excludes halogenated alkanes) is 1. The number of amides is 9. The maximum Gasteiger partial charge on any atom is 0.288 e. The van der Waals surface area contributed by atoms with Gasteiger partial charge in [-0.1, -0.05) is 55.4 Å². The monoisotopic (exact) mass is 960 g/mol. The molecular weight excluding hydrogens is 883 g/mol. The Kier molecular flexibility index (Phi) is 25.0. The molecule has 0 aromatic heterocycles. The Bertz CT molecular complexity index is 1920. The number of benzene rings is 1. The second-order valence-electron chi connectivity index (χ2n) is 18.6. The summed E-state index contributed by atoms with van der Waals surface area (Å²) in [5, 5.41) is 25.8. The van der Waals surface area contributed by atoms with E-state index < -0.39 is 107 Å². The normalized spacial score (nSPS) is 13.9. The first-order valence-electron chi connectivity index (χ1n) is 22.8. The Morgan fingerprint density at radius 3 is 1.74 bits per heavy atom. The molecule has 23 nitrogen and oxygen atoms in total. The third-order valence-electron chi connectivity index (χ3n) is 10.3. The van der Waals surface area contributed by atoms with Crippen LogP contribution in [0.2, 0.25) is 0 Å².